The Morgan fingerprint density at radius 1 is 1.08 bits per heavy atom. The van der Waals surface area contributed by atoms with E-state index in [4.69, 9.17) is 0 Å². The minimum absolute atomic E-state index is 0.0288. The number of anilines is 1. The lowest BCUT2D eigenvalue weighted by atomic mass is 10.1. The molecule has 0 saturated carbocycles. The highest BCUT2D eigenvalue weighted by atomic mass is 32.1. The van der Waals surface area contributed by atoms with Gasteiger partial charge in [-0.3, -0.25) is 14.6 Å². The number of nitrogens with one attached hydrogen (secondary N) is 2. The highest BCUT2D eigenvalue weighted by molar-refractivity contribution is 7.14. The van der Waals surface area contributed by atoms with Crippen molar-refractivity contribution in [3.05, 3.63) is 70.2 Å². The summed E-state index contributed by atoms with van der Waals surface area (Å²) >= 11 is 1.64. The van der Waals surface area contributed by atoms with Crippen LogP contribution in [0, 0.1) is 13.8 Å². The van der Waals surface area contributed by atoms with Gasteiger partial charge in [-0.2, -0.15) is 0 Å². The number of hydrogen-bond acceptors (Lipinski definition) is 7. The van der Waals surface area contributed by atoms with Crippen LogP contribution < -0.4 is 10.6 Å². The van der Waals surface area contributed by atoms with E-state index in [9.17, 15) is 9.59 Å². The summed E-state index contributed by atoms with van der Waals surface area (Å²) in [5.41, 5.74) is 5.42. The second-order valence-corrected chi connectivity index (χ2v) is 11.3. The third-order valence-corrected chi connectivity index (χ3v) is 7.72. The number of fused-ring (bicyclic) bond motifs is 1. The summed E-state index contributed by atoms with van der Waals surface area (Å²) in [5.74, 6) is -0.218. The molecule has 2 heterocycles. The maximum Gasteiger partial charge on any atom is 0.256 e. The lowest BCUT2D eigenvalue weighted by Crippen LogP contribution is -2.49. The average Bonchev–Trinajstić information content (AvgIpc) is 3.53. The van der Waals surface area contributed by atoms with Crippen molar-refractivity contribution in [2.24, 2.45) is 0 Å². The molecule has 1 aliphatic rings. The zero-order valence-corrected chi connectivity index (χ0v) is 23.8. The molecule has 0 atom stereocenters. The first-order chi connectivity index (χ1) is 18.2. The zero-order chi connectivity index (χ0) is 27.2. The molecule has 2 aromatic carbocycles. The molecule has 0 saturated heterocycles. The molecule has 0 radical (unpaired) electrons. The fourth-order valence-corrected chi connectivity index (χ4v) is 5.21. The summed E-state index contributed by atoms with van der Waals surface area (Å²) in [5, 5.41) is 11.3. The van der Waals surface area contributed by atoms with Gasteiger partial charge in [-0.15, -0.1) is 11.3 Å². The predicted molar refractivity (Wildman–Crippen MR) is 154 cm³/mol. The molecular weight excluding hydrogens is 496 g/mol. The summed E-state index contributed by atoms with van der Waals surface area (Å²) in [4.78, 5) is 33.9. The van der Waals surface area contributed by atoms with Crippen molar-refractivity contribution in [2.75, 3.05) is 38.5 Å². The number of nitrogens with zero attached hydrogens (tertiary/aromatic N) is 4. The van der Waals surface area contributed by atoms with Crippen LogP contribution in [-0.2, 0) is 22.7 Å². The van der Waals surface area contributed by atoms with Crippen molar-refractivity contribution in [1.29, 1.82) is 0 Å². The second-order valence-electron chi connectivity index (χ2n) is 10.1. The number of aromatic nitrogens is 1. The van der Waals surface area contributed by atoms with Gasteiger partial charge in [0.2, 0.25) is 5.91 Å². The standard InChI is InChI=1S/C29H38N6O2S/c1-20(2)30-12-13-34(19-28(37)33(5)35-17-24-8-6-7-9-25(24)18-35)27(36)16-31-26-14-23(11-10-21(26)3)29-32-15-22(4)38-29/h6-11,14-15,20,30-31H,12-13,16-19H2,1-5H3. The van der Waals surface area contributed by atoms with E-state index in [1.807, 2.05) is 49.3 Å². The summed E-state index contributed by atoms with van der Waals surface area (Å²) < 4.78 is 0. The van der Waals surface area contributed by atoms with Gasteiger partial charge in [-0.05, 0) is 36.6 Å². The van der Waals surface area contributed by atoms with Gasteiger partial charge < -0.3 is 15.5 Å². The number of hydrazine groups is 1. The number of carbonyl (C=O) groups excluding carboxylic acids is 2. The zero-order valence-electron chi connectivity index (χ0n) is 23.0. The van der Waals surface area contributed by atoms with Crippen molar-refractivity contribution in [3.8, 4) is 10.6 Å². The monoisotopic (exact) mass is 534 g/mol. The van der Waals surface area contributed by atoms with Gasteiger partial charge in [-0.25, -0.2) is 9.99 Å². The number of hydrogen-bond donors (Lipinski definition) is 2. The van der Waals surface area contributed by atoms with Gasteiger partial charge in [0.1, 0.15) is 11.6 Å². The third kappa shape index (κ3) is 6.98. The molecule has 1 aromatic heterocycles. The molecule has 0 bridgehead atoms. The minimum atomic E-state index is -0.114. The summed E-state index contributed by atoms with van der Waals surface area (Å²) in [6, 6.07) is 14.7. The Hall–Kier alpha value is -3.27. The van der Waals surface area contributed by atoms with E-state index in [2.05, 4.69) is 47.7 Å². The molecule has 9 heteroatoms. The highest BCUT2D eigenvalue weighted by Gasteiger charge is 2.27. The lowest BCUT2D eigenvalue weighted by Gasteiger charge is -2.31. The Labute approximate surface area is 229 Å². The number of amides is 2. The first kappa shape index (κ1) is 27.8. The summed E-state index contributed by atoms with van der Waals surface area (Å²) in [7, 11) is 1.79. The topological polar surface area (TPSA) is 80.8 Å². The molecule has 202 valence electrons. The van der Waals surface area contributed by atoms with Crippen molar-refractivity contribution >= 4 is 28.8 Å². The molecule has 0 aliphatic carbocycles. The van der Waals surface area contributed by atoms with Crippen LogP contribution in [0.1, 0.15) is 35.4 Å². The molecule has 4 rings (SSSR count). The maximum absolute atomic E-state index is 13.4. The van der Waals surface area contributed by atoms with E-state index in [-0.39, 0.29) is 24.9 Å². The Morgan fingerprint density at radius 3 is 2.42 bits per heavy atom. The van der Waals surface area contributed by atoms with Crippen LogP contribution in [0.5, 0.6) is 0 Å². The Bertz CT molecular complexity index is 1250. The Balaban J connectivity index is 1.40. The van der Waals surface area contributed by atoms with Gasteiger partial charge in [0.15, 0.2) is 0 Å². The lowest BCUT2D eigenvalue weighted by molar-refractivity contribution is -0.151. The first-order valence-electron chi connectivity index (χ1n) is 13.1. The molecule has 3 aromatic rings. The molecule has 2 amide bonds. The average molecular weight is 535 g/mol. The largest absolute Gasteiger partial charge is 0.376 e. The number of benzene rings is 2. The second kappa shape index (κ2) is 12.5. The predicted octanol–water partition coefficient (Wildman–Crippen LogP) is 4.05. The fourth-order valence-electron chi connectivity index (χ4n) is 4.45. The van der Waals surface area contributed by atoms with E-state index in [1.165, 1.54) is 11.1 Å². The van der Waals surface area contributed by atoms with Crippen molar-refractivity contribution < 1.29 is 9.59 Å². The molecule has 1 aliphatic heterocycles. The normalized spacial score (nSPS) is 13.0. The van der Waals surface area contributed by atoms with Gasteiger partial charge in [-0.1, -0.05) is 50.2 Å². The summed E-state index contributed by atoms with van der Waals surface area (Å²) in [6.07, 6.45) is 1.87. The van der Waals surface area contributed by atoms with Crippen LogP contribution in [0.2, 0.25) is 0 Å². The van der Waals surface area contributed by atoms with Crippen molar-refractivity contribution in [2.45, 2.75) is 46.8 Å². The summed E-state index contributed by atoms with van der Waals surface area (Å²) in [6.45, 7) is 10.8. The van der Waals surface area contributed by atoms with Gasteiger partial charge in [0.05, 0.1) is 6.54 Å². The van der Waals surface area contributed by atoms with Gasteiger partial charge in [0.25, 0.3) is 5.91 Å². The van der Waals surface area contributed by atoms with E-state index < -0.39 is 0 Å². The number of carbonyl (C=O) groups is 2. The van der Waals surface area contributed by atoms with Crippen molar-refractivity contribution in [1.82, 2.24) is 25.2 Å². The van der Waals surface area contributed by atoms with E-state index >= 15 is 0 Å². The number of rotatable bonds is 11. The molecule has 0 unspecified atom stereocenters. The smallest absolute Gasteiger partial charge is 0.256 e. The Kier molecular flexibility index (Phi) is 9.14. The van der Waals surface area contributed by atoms with Crippen molar-refractivity contribution in [3.63, 3.8) is 0 Å². The fraction of sp³-hybridized carbons (Fsp3) is 0.414. The highest BCUT2D eigenvalue weighted by Crippen LogP contribution is 2.28. The SMILES string of the molecule is Cc1cnc(-c2ccc(C)c(NCC(=O)N(CCNC(C)C)CC(=O)N(C)N3Cc4ccccc4C3)c2)s1. The Morgan fingerprint density at radius 2 is 1.79 bits per heavy atom. The molecular formula is C29H38N6O2S. The quantitative estimate of drug-likeness (QED) is 0.386. The molecule has 0 spiro atoms. The molecule has 2 N–H and O–H groups in total. The van der Waals surface area contributed by atoms with Crippen LogP contribution in [-0.4, -0.2) is 71.0 Å². The van der Waals surface area contributed by atoms with Gasteiger partial charge >= 0.3 is 0 Å². The molecule has 8 nitrogen and oxygen atoms in total. The third-order valence-electron chi connectivity index (χ3n) is 6.76. The number of likely N-dealkylation sites (N-methyl/N-ethyl adjacent to an activating group) is 1. The van der Waals surface area contributed by atoms with Gasteiger partial charge in [0, 0.05) is 61.6 Å². The van der Waals surface area contributed by atoms with Crippen LogP contribution in [0.4, 0.5) is 5.69 Å². The number of aryl methyl sites for hydroxylation is 2. The number of thiazole rings is 1. The van der Waals surface area contributed by atoms with Crippen LogP contribution >= 0.6 is 11.3 Å². The van der Waals surface area contributed by atoms with Crippen LogP contribution in [0.3, 0.4) is 0 Å². The van der Waals surface area contributed by atoms with E-state index in [0.29, 0.717) is 32.2 Å². The van der Waals surface area contributed by atoms with E-state index in [0.717, 1.165) is 26.7 Å². The molecule has 0 fully saturated rings. The maximum atomic E-state index is 13.4. The van der Waals surface area contributed by atoms with E-state index in [1.54, 1.807) is 28.3 Å². The van der Waals surface area contributed by atoms with Crippen LogP contribution in [0.15, 0.2) is 48.7 Å². The first-order valence-corrected chi connectivity index (χ1v) is 13.9. The minimum Gasteiger partial charge on any atom is -0.376 e. The van der Waals surface area contributed by atoms with Crippen LogP contribution in [0.25, 0.3) is 10.6 Å². The molecule has 38 heavy (non-hydrogen) atoms.